The van der Waals surface area contributed by atoms with E-state index in [4.69, 9.17) is 0 Å². The summed E-state index contributed by atoms with van der Waals surface area (Å²) in [5.74, 6) is 0.107. The van der Waals surface area contributed by atoms with Crippen LogP contribution < -0.4 is 4.90 Å². The number of aromatic nitrogens is 2. The normalized spacial score (nSPS) is 14.8. The smallest absolute Gasteiger partial charge is 0.267 e. The number of amides is 1. The quantitative estimate of drug-likeness (QED) is 0.796. The van der Waals surface area contributed by atoms with Crippen LogP contribution in [0.3, 0.4) is 0 Å². The molecule has 1 aliphatic rings. The van der Waals surface area contributed by atoms with Crippen LogP contribution in [0.15, 0.2) is 24.3 Å². The fraction of sp³-hybridized carbons (Fsp3) is 0.412. The van der Waals surface area contributed by atoms with Crippen molar-refractivity contribution < 1.29 is 9.59 Å². The SMILES string of the molecule is CCc1nnsc1C(=O)N1CCN(c2ccc(C(C)=O)cc2)CC1. The van der Waals surface area contributed by atoms with E-state index < -0.39 is 0 Å². The van der Waals surface area contributed by atoms with Gasteiger partial charge in [0.25, 0.3) is 5.91 Å². The van der Waals surface area contributed by atoms with E-state index >= 15 is 0 Å². The van der Waals surface area contributed by atoms with Gasteiger partial charge in [-0.3, -0.25) is 9.59 Å². The molecule has 0 atom stereocenters. The first-order valence-corrected chi connectivity index (χ1v) is 8.84. The lowest BCUT2D eigenvalue weighted by Gasteiger charge is -2.36. The molecule has 3 rings (SSSR count). The maximum atomic E-state index is 12.6. The molecule has 1 aromatic heterocycles. The summed E-state index contributed by atoms with van der Waals surface area (Å²) >= 11 is 1.18. The van der Waals surface area contributed by atoms with Crippen LogP contribution in [0, 0.1) is 0 Å². The summed E-state index contributed by atoms with van der Waals surface area (Å²) in [6.07, 6.45) is 0.722. The van der Waals surface area contributed by atoms with Gasteiger partial charge in [0.2, 0.25) is 0 Å². The first-order chi connectivity index (χ1) is 11.6. The molecule has 0 saturated carbocycles. The third-order valence-electron chi connectivity index (χ3n) is 4.29. The average molecular weight is 344 g/mol. The average Bonchev–Trinajstić information content (AvgIpc) is 3.10. The topological polar surface area (TPSA) is 66.4 Å². The molecule has 1 aliphatic heterocycles. The van der Waals surface area contributed by atoms with Gasteiger partial charge in [-0.05, 0) is 49.1 Å². The molecule has 1 aromatic carbocycles. The minimum absolute atomic E-state index is 0.0356. The molecule has 24 heavy (non-hydrogen) atoms. The third-order valence-corrected chi connectivity index (χ3v) is 5.05. The van der Waals surface area contributed by atoms with Gasteiger partial charge >= 0.3 is 0 Å². The van der Waals surface area contributed by atoms with Gasteiger partial charge < -0.3 is 9.80 Å². The molecule has 2 heterocycles. The Morgan fingerprint density at radius 1 is 1.12 bits per heavy atom. The molecule has 126 valence electrons. The van der Waals surface area contributed by atoms with Gasteiger partial charge in [0.1, 0.15) is 4.88 Å². The van der Waals surface area contributed by atoms with Crippen molar-refractivity contribution in [3.63, 3.8) is 0 Å². The number of carbonyl (C=O) groups is 2. The molecule has 7 heteroatoms. The Bertz CT molecular complexity index is 733. The van der Waals surface area contributed by atoms with Crippen molar-refractivity contribution in [3.8, 4) is 0 Å². The molecule has 0 radical (unpaired) electrons. The maximum absolute atomic E-state index is 12.6. The number of piperazine rings is 1. The summed E-state index contributed by atoms with van der Waals surface area (Å²) in [6, 6.07) is 7.64. The summed E-state index contributed by atoms with van der Waals surface area (Å²) in [4.78, 5) is 28.7. The Balaban J connectivity index is 1.63. The molecule has 6 nitrogen and oxygen atoms in total. The molecule has 1 saturated heterocycles. The van der Waals surface area contributed by atoms with Crippen LogP contribution in [0.2, 0.25) is 0 Å². The van der Waals surface area contributed by atoms with Crippen LogP contribution >= 0.6 is 11.5 Å². The molecule has 2 aromatic rings. The van der Waals surface area contributed by atoms with Gasteiger partial charge in [-0.1, -0.05) is 11.4 Å². The minimum Gasteiger partial charge on any atom is -0.368 e. The van der Waals surface area contributed by atoms with Crippen molar-refractivity contribution in [2.45, 2.75) is 20.3 Å². The zero-order valence-corrected chi connectivity index (χ0v) is 14.7. The molecule has 0 spiro atoms. The Morgan fingerprint density at radius 2 is 1.79 bits per heavy atom. The summed E-state index contributed by atoms with van der Waals surface area (Å²) in [5.41, 5.74) is 2.59. The molecule has 0 N–H and O–H groups in total. The van der Waals surface area contributed by atoms with Crippen molar-refractivity contribution in [1.29, 1.82) is 0 Å². The molecule has 1 amide bonds. The number of anilines is 1. The van der Waals surface area contributed by atoms with Crippen molar-refractivity contribution in [2.75, 3.05) is 31.1 Å². The second-order valence-electron chi connectivity index (χ2n) is 5.78. The monoisotopic (exact) mass is 344 g/mol. The van der Waals surface area contributed by atoms with Gasteiger partial charge in [0, 0.05) is 37.4 Å². The van der Waals surface area contributed by atoms with Crippen molar-refractivity contribution >= 4 is 28.9 Å². The number of rotatable bonds is 4. The minimum atomic E-state index is 0.0356. The van der Waals surface area contributed by atoms with E-state index in [0.717, 1.165) is 36.5 Å². The zero-order chi connectivity index (χ0) is 17.1. The highest BCUT2D eigenvalue weighted by Crippen LogP contribution is 2.20. The van der Waals surface area contributed by atoms with Crippen LogP contribution in [0.5, 0.6) is 0 Å². The zero-order valence-electron chi connectivity index (χ0n) is 13.9. The second-order valence-corrected chi connectivity index (χ2v) is 6.54. The van der Waals surface area contributed by atoms with Gasteiger partial charge in [-0.25, -0.2) is 0 Å². The number of benzene rings is 1. The van der Waals surface area contributed by atoms with Crippen molar-refractivity contribution in [3.05, 3.63) is 40.4 Å². The standard InChI is InChI=1S/C17H20N4O2S/c1-3-15-16(24-19-18-15)17(23)21-10-8-20(9-11-21)14-6-4-13(5-7-14)12(2)22/h4-7H,3,8-11H2,1-2H3. The number of ketones is 1. The van der Waals surface area contributed by atoms with Gasteiger partial charge in [0.05, 0.1) is 5.69 Å². The first-order valence-electron chi connectivity index (χ1n) is 8.06. The van der Waals surface area contributed by atoms with Crippen molar-refractivity contribution in [2.24, 2.45) is 0 Å². The lowest BCUT2D eigenvalue weighted by Crippen LogP contribution is -2.48. The summed E-state index contributed by atoms with van der Waals surface area (Å²) in [6.45, 7) is 6.45. The van der Waals surface area contributed by atoms with E-state index in [0.29, 0.717) is 18.0 Å². The molecule has 1 fully saturated rings. The fourth-order valence-electron chi connectivity index (χ4n) is 2.82. The Hall–Kier alpha value is -2.28. The van der Waals surface area contributed by atoms with E-state index in [2.05, 4.69) is 14.5 Å². The predicted octanol–water partition coefficient (Wildman–Crippen LogP) is 2.27. The summed E-state index contributed by atoms with van der Waals surface area (Å²) < 4.78 is 3.90. The predicted molar refractivity (Wildman–Crippen MR) is 93.9 cm³/mol. The number of Topliss-reactive ketones (excluding diaryl/α,β-unsaturated/α-hetero) is 1. The lowest BCUT2D eigenvalue weighted by molar-refractivity contribution is 0.0750. The van der Waals surface area contributed by atoms with E-state index in [-0.39, 0.29) is 11.7 Å². The summed E-state index contributed by atoms with van der Waals surface area (Å²) in [5, 5.41) is 4.02. The van der Waals surface area contributed by atoms with E-state index in [1.165, 1.54) is 11.5 Å². The van der Waals surface area contributed by atoms with Crippen LogP contribution in [0.4, 0.5) is 5.69 Å². The molecule has 0 bridgehead atoms. The van der Waals surface area contributed by atoms with E-state index in [9.17, 15) is 9.59 Å². The van der Waals surface area contributed by atoms with E-state index in [1.54, 1.807) is 6.92 Å². The van der Waals surface area contributed by atoms with Gasteiger partial charge in [-0.2, -0.15) is 0 Å². The number of nitrogens with zero attached hydrogens (tertiary/aromatic N) is 4. The van der Waals surface area contributed by atoms with Crippen LogP contribution in [0.1, 0.15) is 39.6 Å². The number of hydrogen-bond acceptors (Lipinski definition) is 6. The molecular weight excluding hydrogens is 324 g/mol. The highest BCUT2D eigenvalue weighted by Gasteiger charge is 2.25. The fourth-order valence-corrected chi connectivity index (χ4v) is 3.54. The number of aryl methyl sites for hydroxylation is 1. The largest absolute Gasteiger partial charge is 0.368 e. The molecule has 0 unspecified atom stereocenters. The maximum Gasteiger partial charge on any atom is 0.267 e. The van der Waals surface area contributed by atoms with Gasteiger partial charge in [-0.15, -0.1) is 5.10 Å². The Morgan fingerprint density at radius 3 is 2.38 bits per heavy atom. The van der Waals surface area contributed by atoms with E-state index in [1.807, 2.05) is 36.1 Å². The van der Waals surface area contributed by atoms with Crippen LogP contribution in [-0.2, 0) is 6.42 Å². The summed E-state index contributed by atoms with van der Waals surface area (Å²) in [7, 11) is 0. The third kappa shape index (κ3) is 3.31. The second kappa shape index (κ2) is 7.09. The lowest BCUT2D eigenvalue weighted by atomic mass is 10.1. The molecular formula is C17H20N4O2S. The molecule has 0 aliphatic carbocycles. The Kier molecular flexibility index (Phi) is 4.89. The number of carbonyl (C=O) groups excluding carboxylic acids is 2. The highest BCUT2D eigenvalue weighted by atomic mass is 32.1. The van der Waals surface area contributed by atoms with Gasteiger partial charge in [0.15, 0.2) is 5.78 Å². The highest BCUT2D eigenvalue weighted by molar-refractivity contribution is 7.08. The van der Waals surface area contributed by atoms with Crippen LogP contribution in [-0.4, -0.2) is 52.4 Å². The van der Waals surface area contributed by atoms with Crippen LogP contribution in [0.25, 0.3) is 0 Å². The first kappa shape index (κ1) is 16.6. The van der Waals surface area contributed by atoms with Crippen molar-refractivity contribution in [1.82, 2.24) is 14.5 Å². The number of hydrogen-bond donors (Lipinski definition) is 0. The Labute approximate surface area is 145 Å².